The summed E-state index contributed by atoms with van der Waals surface area (Å²) in [5.74, 6) is 1.47. The lowest BCUT2D eigenvalue weighted by molar-refractivity contribution is -0.136. The van der Waals surface area contributed by atoms with Crippen LogP contribution in [-0.2, 0) is 11.2 Å². The number of carbonyl (C=O) groups excluding carboxylic acids is 1. The van der Waals surface area contributed by atoms with Gasteiger partial charge in [0, 0.05) is 19.0 Å². The van der Waals surface area contributed by atoms with Crippen LogP contribution in [0.1, 0.15) is 36.3 Å². The predicted molar refractivity (Wildman–Crippen MR) is 76.3 cm³/mol. The molecule has 3 nitrogen and oxygen atoms in total. The number of piperidine rings is 1. The van der Waals surface area contributed by atoms with Gasteiger partial charge in [0.1, 0.15) is 0 Å². The van der Waals surface area contributed by atoms with Crippen LogP contribution in [0.2, 0.25) is 0 Å². The van der Waals surface area contributed by atoms with Crippen LogP contribution in [-0.4, -0.2) is 35.1 Å². The summed E-state index contributed by atoms with van der Waals surface area (Å²) in [6, 6.07) is 8.59. The Morgan fingerprint density at radius 2 is 2.10 bits per heavy atom. The Morgan fingerprint density at radius 3 is 2.95 bits per heavy atom. The van der Waals surface area contributed by atoms with Crippen LogP contribution in [0.5, 0.6) is 0 Å². The second kappa shape index (κ2) is 4.59. The fourth-order valence-electron chi connectivity index (χ4n) is 4.27. The number of aryl methyl sites for hydroxylation is 1. The van der Waals surface area contributed by atoms with Crippen molar-refractivity contribution in [1.29, 1.82) is 0 Å². The zero-order valence-electron chi connectivity index (χ0n) is 11.7. The lowest BCUT2D eigenvalue weighted by Crippen LogP contribution is -2.43. The van der Waals surface area contributed by atoms with E-state index in [2.05, 4.69) is 24.3 Å². The van der Waals surface area contributed by atoms with Crippen LogP contribution < -0.4 is 0 Å². The first-order chi connectivity index (χ1) is 9.75. The number of benzene rings is 1. The van der Waals surface area contributed by atoms with Crippen LogP contribution in [0, 0.1) is 11.8 Å². The summed E-state index contributed by atoms with van der Waals surface area (Å²) >= 11 is 0. The normalized spacial score (nSPS) is 35.1. The third kappa shape index (κ3) is 1.87. The lowest BCUT2D eigenvalue weighted by Gasteiger charge is -2.30. The molecule has 3 aliphatic rings. The summed E-state index contributed by atoms with van der Waals surface area (Å²) in [6.07, 6.45) is 3.72. The molecular weight excluding hydrogens is 250 g/mol. The number of carbonyl (C=O) groups is 1. The monoisotopic (exact) mass is 271 g/mol. The third-order valence-corrected chi connectivity index (χ3v) is 5.32. The molecule has 0 aromatic heterocycles. The second-order valence-electron chi connectivity index (χ2n) is 6.53. The number of amides is 1. The number of fused-ring (bicyclic) bond motifs is 3. The first kappa shape index (κ1) is 12.4. The number of hydrogen-bond acceptors (Lipinski definition) is 2. The molecule has 3 heteroatoms. The standard InChI is InChI=1S/C17H21NO2/c19-12-5-3-9-18(10-12)17(20)16-14-8-7-11-4-1-2-6-13(11)15(14)16/h1-2,4,6,12,14-16,19H,3,5,7-10H2/t12-,14?,15?,16?/m0/s1. The Kier molecular flexibility index (Phi) is 2.84. The number of likely N-dealkylation sites (tertiary alicyclic amines) is 1. The highest BCUT2D eigenvalue weighted by Crippen LogP contribution is 2.60. The topological polar surface area (TPSA) is 40.5 Å². The summed E-state index contributed by atoms with van der Waals surface area (Å²) < 4.78 is 0. The van der Waals surface area contributed by atoms with E-state index in [1.54, 1.807) is 0 Å². The van der Waals surface area contributed by atoms with Gasteiger partial charge in [0.2, 0.25) is 5.91 Å². The van der Waals surface area contributed by atoms with Gasteiger partial charge in [-0.25, -0.2) is 0 Å². The van der Waals surface area contributed by atoms with E-state index in [0.29, 0.717) is 18.4 Å². The molecule has 0 radical (unpaired) electrons. The molecular formula is C17H21NO2. The van der Waals surface area contributed by atoms with Gasteiger partial charge in [0.25, 0.3) is 0 Å². The second-order valence-corrected chi connectivity index (χ2v) is 6.53. The van der Waals surface area contributed by atoms with Crippen LogP contribution in [0.3, 0.4) is 0 Å². The highest BCUT2D eigenvalue weighted by Gasteiger charge is 2.58. The van der Waals surface area contributed by atoms with E-state index < -0.39 is 0 Å². The lowest BCUT2D eigenvalue weighted by atomic mass is 9.92. The summed E-state index contributed by atoms with van der Waals surface area (Å²) in [6.45, 7) is 1.36. The van der Waals surface area contributed by atoms with Gasteiger partial charge < -0.3 is 10.0 Å². The number of aliphatic hydroxyl groups is 1. The van der Waals surface area contributed by atoms with Crippen molar-refractivity contribution in [3.05, 3.63) is 35.4 Å². The molecule has 1 aromatic carbocycles. The molecule has 2 fully saturated rings. The van der Waals surface area contributed by atoms with E-state index in [4.69, 9.17) is 0 Å². The van der Waals surface area contributed by atoms with Crippen molar-refractivity contribution in [1.82, 2.24) is 4.90 Å². The van der Waals surface area contributed by atoms with Gasteiger partial charge >= 0.3 is 0 Å². The van der Waals surface area contributed by atoms with E-state index in [-0.39, 0.29) is 17.9 Å². The van der Waals surface area contributed by atoms with Crippen molar-refractivity contribution in [2.45, 2.75) is 37.7 Å². The zero-order chi connectivity index (χ0) is 13.7. The number of nitrogens with zero attached hydrogens (tertiary/aromatic N) is 1. The van der Waals surface area contributed by atoms with Crippen LogP contribution in [0.15, 0.2) is 24.3 Å². The maximum Gasteiger partial charge on any atom is 0.226 e. The minimum Gasteiger partial charge on any atom is -0.391 e. The van der Waals surface area contributed by atoms with Gasteiger partial charge in [-0.15, -0.1) is 0 Å². The van der Waals surface area contributed by atoms with Crippen molar-refractivity contribution >= 4 is 5.91 Å². The minimum atomic E-state index is -0.319. The van der Waals surface area contributed by atoms with Crippen molar-refractivity contribution < 1.29 is 9.90 Å². The van der Waals surface area contributed by atoms with Crippen molar-refractivity contribution in [3.8, 4) is 0 Å². The molecule has 4 rings (SSSR count). The molecule has 20 heavy (non-hydrogen) atoms. The SMILES string of the molecule is O=C(C1C2CCc3ccccc3C21)N1CCC[C@H](O)C1. The predicted octanol–water partition coefficient (Wildman–Crippen LogP) is 1.95. The number of β-amino-alcohol motifs (C(OH)–C–C–N with tert-alkyl or cyclic N) is 1. The Labute approximate surface area is 119 Å². The Balaban J connectivity index is 1.53. The quantitative estimate of drug-likeness (QED) is 0.848. The molecule has 1 saturated carbocycles. The fraction of sp³-hybridized carbons (Fsp3) is 0.588. The number of rotatable bonds is 1. The summed E-state index contributed by atoms with van der Waals surface area (Å²) in [4.78, 5) is 14.6. The van der Waals surface area contributed by atoms with Crippen LogP contribution >= 0.6 is 0 Å². The smallest absolute Gasteiger partial charge is 0.226 e. The zero-order valence-corrected chi connectivity index (χ0v) is 11.7. The van der Waals surface area contributed by atoms with E-state index in [9.17, 15) is 9.90 Å². The maximum atomic E-state index is 12.7. The summed E-state index contributed by atoms with van der Waals surface area (Å²) in [7, 11) is 0. The molecule has 2 aliphatic carbocycles. The number of hydrogen-bond donors (Lipinski definition) is 1. The molecule has 0 bridgehead atoms. The molecule has 1 saturated heterocycles. The molecule has 1 aliphatic heterocycles. The Hall–Kier alpha value is -1.35. The highest BCUT2D eigenvalue weighted by atomic mass is 16.3. The highest BCUT2D eigenvalue weighted by molar-refractivity contribution is 5.84. The van der Waals surface area contributed by atoms with E-state index >= 15 is 0 Å². The molecule has 1 aromatic rings. The number of aliphatic hydroxyl groups excluding tert-OH is 1. The Morgan fingerprint density at radius 1 is 1.25 bits per heavy atom. The Bertz CT molecular complexity index is 542. The van der Waals surface area contributed by atoms with Gasteiger partial charge in [-0.05, 0) is 48.6 Å². The van der Waals surface area contributed by atoms with Gasteiger partial charge in [-0.2, -0.15) is 0 Å². The molecule has 3 unspecified atom stereocenters. The first-order valence-corrected chi connectivity index (χ1v) is 7.80. The van der Waals surface area contributed by atoms with E-state index in [1.807, 2.05) is 4.90 Å². The van der Waals surface area contributed by atoms with Gasteiger partial charge in [0.15, 0.2) is 0 Å². The molecule has 4 atom stereocenters. The van der Waals surface area contributed by atoms with Crippen molar-refractivity contribution in [3.63, 3.8) is 0 Å². The third-order valence-electron chi connectivity index (χ3n) is 5.32. The minimum absolute atomic E-state index is 0.184. The molecule has 106 valence electrons. The summed E-state index contributed by atoms with van der Waals surface area (Å²) in [5, 5.41) is 9.75. The molecule has 1 amide bonds. The largest absolute Gasteiger partial charge is 0.391 e. The van der Waals surface area contributed by atoms with Gasteiger partial charge in [-0.1, -0.05) is 24.3 Å². The molecule has 1 heterocycles. The average molecular weight is 271 g/mol. The first-order valence-electron chi connectivity index (χ1n) is 7.80. The van der Waals surface area contributed by atoms with Gasteiger partial charge in [-0.3, -0.25) is 4.79 Å². The van der Waals surface area contributed by atoms with Crippen molar-refractivity contribution in [2.75, 3.05) is 13.1 Å². The molecule has 1 N–H and O–H groups in total. The van der Waals surface area contributed by atoms with E-state index in [1.165, 1.54) is 11.1 Å². The van der Waals surface area contributed by atoms with Crippen molar-refractivity contribution in [2.24, 2.45) is 11.8 Å². The fourth-order valence-corrected chi connectivity index (χ4v) is 4.27. The van der Waals surface area contributed by atoms with Crippen LogP contribution in [0.25, 0.3) is 0 Å². The molecule has 0 spiro atoms. The van der Waals surface area contributed by atoms with E-state index in [0.717, 1.165) is 32.2 Å². The maximum absolute atomic E-state index is 12.7. The summed E-state index contributed by atoms with van der Waals surface area (Å²) in [5.41, 5.74) is 2.84. The average Bonchev–Trinajstić information content (AvgIpc) is 3.21. The van der Waals surface area contributed by atoms with Crippen LogP contribution in [0.4, 0.5) is 0 Å². The van der Waals surface area contributed by atoms with Gasteiger partial charge in [0.05, 0.1) is 6.10 Å².